The molecule has 10 nitrogen and oxygen atoms in total. The van der Waals surface area contributed by atoms with Gasteiger partial charge in [-0.25, -0.2) is 9.97 Å². The average Bonchev–Trinajstić information content (AvgIpc) is 2.87. The Morgan fingerprint density at radius 3 is 2.41 bits per heavy atom. The van der Waals surface area contributed by atoms with Crippen molar-refractivity contribution in [3.63, 3.8) is 0 Å². The molecule has 0 radical (unpaired) electrons. The van der Waals surface area contributed by atoms with E-state index in [4.69, 9.17) is 4.74 Å². The molecule has 194 valence electrons. The molecule has 0 atom stereocenters. The van der Waals surface area contributed by atoms with Crippen LogP contribution < -0.4 is 25.6 Å². The lowest BCUT2D eigenvalue weighted by atomic mass is 10.1. The van der Waals surface area contributed by atoms with Gasteiger partial charge in [-0.3, -0.25) is 9.59 Å². The van der Waals surface area contributed by atoms with Crippen molar-refractivity contribution in [1.29, 1.82) is 0 Å². The van der Waals surface area contributed by atoms with E-state index in [1.54, 1.807) is 25.3 Å². The minimum absolute atomic E-state index is 0.355. The number of hydrogen-bond donors (Lipinski definition) is 3. The van der Waals surface area contributed by atoms with Crippen LogP contribution in [0.4, 0.5) is 34.4 Å². The van der Waals surface area contributed by atoms with E-state index in [0.29, 0.717) is 46.6 Å². The third kappa shape index (κ3) is 7.51. The number of benzene rings is 2. The first-order chi connectivity index (χ1) is 17.7. The number of likely N-dealkylation sites (N-methyl/N-ethyl adjacent to an activating group) is 2. The van der Waals surface area contributed by atoms with Crippen LogP contribution in [0.25, 0.3) is 0 Å². The van der Waals surface area contributed by atoms with Crippen LogP contribution in [-0.2, 0) is 4.79 Å². The van der Waals surface area contributed by atoms with Gasteiger partial charge in [-0.1, -0.05) is 6.58 Å². The number of aromatic nitrogens is 2. The van der Waals surface area contributed by atoms with Crippen LogP contribution in [0.15, 0.2) is 59.9 Å². The number of carbonyl (C=O) groups is 2. The van der Waals surface area contributed by atoms with Gasteiger partial charge in [-0.2, -0.15) is 0 Å². The molecule has 3 N–H and O–H groups in total. The number of hydrogen-bond acceptors (Lipinski definition) is 9. The zero-order chi connectivity index (χ0) is 26.9. The zero-order valence-electron chi connectivity index (χ0n) is 21.2. The van der Waals surface area contributed by atoms with Crippen molar-refractivity contribution in [3.05, 3.63) is 65.4 Å². The van der Waals surface area contributed by atoms with Gasteiger partial charge in [-0.15, -0.1) is 0 Å². The fourth-order valence-electron chi connectivity index (χ4n) is 3.40. The maximum absolute atomic E-state index is 12.1. The van der Waals surface area contributed by atoms with E-state index >= 15 is 0 Å². The summed E-state index contributed by atoms with van der Waals surface area (Å²) in [6, 6.07) is 10.7. The fourth-order valence-corrected chi connectivity index (χ4v) is 3.94. The maximum Gasteiger partial charge on any atom is 0.247 e. The van der Waals surface area contributed by atoms with E-state index in [9.17, 15) is 9.59 Å². The molecule has 1 amide bonds. The molecule has 1 heterocycles. The fraction of sp³-hybridized carbons (Fsp3) is 0.231. The minimum atomic E-state index is -0.355. The zero-order valence-corrected chi connectivity index (χ0v) is 22.8. The lowest BCUT2D eigenvalue weighted by molar-refractivity contribution is -0.111. The monoisotopic (exact) mass is 567 g/mol. The van der Waals surface area contributed by atoms with E-state index < -0.39 is 0 Å². The van der Waals surface area contributed by atoms with Crippen LogP contribution in [-0.4, -0.2) is 68.4 Å². The summed E-state index contributed by atoms with van der Waals surface area (Å²) in [7, 11) is 7.47. The normalized spacial score (nSPS) is 10.5. The van der Waals surface area contributed by atoms with Crippen LogP contribution in [0.2, 0.25) is 0 Å². The number of nitrogens with one attached hydrogen (secondary N) is 3. The van der Waals surface area contributed by atoms with Gasteiger partial charge in [0.05, 0.1) is 28.6 Å². The number of carbonyl (C=O) groups excluding carboxylic acids is 2. The molecule has 0 fully saturated rings. The molecular formula is C26H30BrN7O3. The van der Waals surface area contributed by atoms with Crippen molar-refractivity contribution in [1.82, 2.24) is 14.9 Å². The molecule has 1 aromatic heterocycles. The highest BCUT2D eigenvalue weighted by molar-refractivity contribution is 9.10. The second kappa shape index (κ2) is 12.8. The molecule has 0 saturated heterocycles. The van der Waals surface area contributed by atoms with Gasteiger partial charge >= 0.3 is 0 Å². The summed E-state index contributed by atoms with van der Waals surface area (Å²) in [5, 5.41) is 9.23. The van der Waals surface area contributed by atoms with Gasteiger partial charge in [0.25, 0.3) is 0 Å². The predicted molar refractivity (Wildman–Crippen MR) is 152 cm³/mol. The molecule has 0 unspecified atom stereocenters. The van der Waals surface area contributed by atoms with Gasteiger partial charge in [0.15, 0.2) is 6.29 Å². The molecule has 0 bridgehead atoms. The summed E-state index contributed by atoms with van der Waals surface area (Å²) in [6.45, 7) is 5.02. The molecule has 37 heavy (non-hydrogen) atoms. The van der Waals surface area contributed by atoms with Gasteiger partial charge < -0.3 is 30.5 Å². The van der Waals surface area contributed by atoms with Crippen LogP contribution in [0, 0.1) is 0 Å². The molecule has 3 aromatic rings. The first-order valence-electron chi connectivity index (χ1n) is 11.4. The Kier molecular flexibility index (Phi) is 9.58. The highest BCUT2D eigenvalue weighted by atomic mass is 79.9. The number of rotatable bonds is 12. The number of amides is 1. The summed E-state index contributed by atoms with van der Waals surface area (Å²) >= 11 is 3.47. The number of halogens is 1. The SMILES string of the molecule is C=CC(=O)Nc1cc(Nc2cc(Nc3ccc(OC)c(Br)c3)ncn2)c(C=O)cc1N(C)CCN(C)C. The summed E-state index contributed by atoms with van der Waals surface area (Å²) in [4.78, 5) is 36.7. The maximum atomic E-state index is 12.1. The Labute approximate surface area is 224 Å². The molecule has 0 saturated carbocycles. The van der Waals surface area contributed by atoms with Crippen molar-refractivity contribution in [2.75, 3.05) is 62.2 Å². The predicted octanol–water partition coefficient (Wildman–Crippen LogP) is 4.67. The summed E-state index contributed by atoms with van der Waals surface area (Å²) < 4.78 is 6.07. The minimum Gasteiger partial charge on any atom is -0.496 e. The number of methoxy groups -OCH3 is 1. The average molecular weight is 568 g/mol. The third-order valence-corrected chi connectivity index (χ3v) is 6.01. The molecule has 0 spiro atoms. The largest absolute Gasteiger partial charge is 0.496 e. The first kappa shape index (κ1) is 27.6. The summed E-state index contributed by atoms with van der Waals surface area (Å²) in [5.41, 5.74) is 2.94. The number of anilines is 6. The standard InChI is InChI=1S/C26H30BrN7O3/c1-6-26(36)32-21-13-20(17(15-35)11-22(21)34(4)10-9-33(2)3)31-25-14-24(28-16-29-25)30-18-7-8-23(37-5)19(27)12-18/h6-8,11-16H,1,9-10H2,2-5H3,(H,32,36)(H2,28,29,30,31). The summed E-state index contributed by atoms with van der Waals surface area (Å²) in [6.07, 6.45) is 3.37. The number of nitrogens with zero attached hydrogens (tertiary/aromatic N) is 4. The molecule has 2 aromatic carbocycles. The van der Waals surface area contributed by atoms with Crippen molar-refractivity contribution >= 4 is 62.5 Å². The molecule has 11 heteroatoms. The molecule has 3 rings (SSSR count). The van der Waals surface area contributed by atoms with Crippen molar-refractivity contribution in [3.8, 4) is 5.75 Å². The van der Waals surface area contributed by atoms with Crippen LogP contribution in [0.5, 0.6) is 5.75 Å². The van der Waals surface area contributed by atoms with Crippen molar-refractivity contribution in [2.45, 2.75) is 0 Å². The highest BCUT2D eigenvalue weighted by Crippen LogP contribution is 2.33. The van der Waals surface area contributed by atoms with Gasteiger partial charge in [0.1, 0.15) is 23.7 Å². The van der Waals surface area contributed by atoms with Crippen LogP contribution in [0.1, 0.15) is 10.4 Å². The van der Waals surface area contributed by atoms with E-state index in [1.165, 1.54) is 12.4 Å². The first-order valence-corrected chi connectivity index (χ1v) is 12.2. The Balaban J connectivity index is 1.90. The van der Waals surface area contributed by atoms with Crippen LogP contribution in [0.3, 0.4) is 0 Å². The van der Waals surface area contributed by atoms with Gasteiger partial charge in [0, 0.05) is 37.5 Å². The Morgan fingerprint density at radius 1 is 1.05 bits per heavy atom. The van der Waals surface area contributed by atoms with Gasteiger partial charge in [0.2, 0.25) is 5.91 Å². The Hall–Kier alpha value is -3.96. The lowest BCUT2D eigenvalue weighted by Gasteiger charge is -2.25. The van der Waals surface area contributed by atoms with Crippen molar-refractivity contribution < 1.29 is 14.3 Å². The second-order valence-corrected chi connectivity index (χ2v) is 9.23. The Morgan fingerprint density at radius 2 is 1.78 bits per heavy atom. The molecular weight excluding hydrogens is 538 g/mol. The Bertz CT molecular complexity index is 1280. The van der Waals surface area contributed by atoms with Crippen LogP contribution >= 0.6 is 15.9 Å². The smallest absolute Gasteiger partial charge is 0.247 e. The number of aldehydes is 1. The van der Waals surface area contributed by atoms with E-state index in [2.05, 4.69) is 53.3 Å². The number of ether oxygens (including phenoxy) is 1. The molecule has 0 aliphatic heterocycles. The summed E-state index contributed by atoms with van der Waals surface area (Å²) in [5.74, 6) is 1.36. The third-order valence-electron chi connectivity index (χ3n) is 5.39. The van der Waals surface area contributed by atoms with E-state index in [-0.39, 0.29) is 5.91 Å². The topological polar surface area (TPSA) is 112 Å². The van der Waals surface area contributed by atoms with Gasteiger partial charge in [-0.05, 0) is 66.4 Å². The highest BCUT2D eigenvalue weighted by Gasteiger charge is 2.16. The lowest BCUT2D eigenvalue weighted by Crippen LogP contribution is -2.29. The quantitative estimate of drug-likeness (QED) is 0.212. The van der Waals surface area contributed by atoms with E-state index in [0.717, 1.165) is 23.0 Å². The van der Waals surface area contributed by atoms with Crippen molar-refractivity contribution in [2.24, 2.45) is 0 Å². The second-order valence-electron chi connectivity index (χ2n) is 8.38. The van der Waals surface area contributed by atoms with E-state index in [1.807, 2.05) is 44.2 Å². The molecule has 0 aliphatic rings. The molecule has 0 aliphatic carbocycles.